The van der Waals surface area contributed by atoms with Crippen LogP contribution in [0.15, 0.2) is 0 Å². The molecule has 1 atom stereocenters. The summed E-state index contributed by atoms with van der Waals surface area (Å²) in [6.45, 7) is 10.5. The maximum Gasteiger partial charge on any atom is 0.336 e. The smallest absolute Gasteiger partial charge is 0.336 e. The van der Waals surface area contributed by atoms with E-state index in [1.54, 1.807) is 0 Å². The lowest BCUT2D eigenvalue weighted by atomic mass is 9.86. The summed E-state index contributed by atoms with van der Waals surface area (Å²) < 4.78 is 0. The van der Waals surface area contributed by atoms with Crippen LogP contribution in [0.4, 0.5) is 4.79 Å². The number of nitrogens with one attached hydrogen (secondary N) is 1. The van der Waals surface area contributed by atoms with E-state index in [1.807, 2.05) is 0 Å². The van der Waals surface area contributed by atoms with Crippen molar-refractivity contribution in [2.75, 3.05) is 0 Å². The molecule has 0 aromatic carbocycles. The molecule has 84 valence electrons. The molecule has 0 saturated carbocycles. The van der Waals surface area contributed by atoms with Gasteiger partial charge in [-0.25, -0.2) is 10.3 Å². The van der Waals surface area contributed by atoms with Crippen molar-refractivity contribution in [2.24, 2.45) is 17.1 Å². The number of urea groups is 1. The van der Waals surface area contributed by atoms with Gasteiger partial charge in [-0.3, -0.25) is 4.84 Å². The second-order valence-electron chi connectivity index (χ2n) is 5.13. The van der Waals surface area contributed by atoms with E-state index in [0.717, 1.165) is 6.42 Å². The van der Waals surface area contributed by atoms with Gasteiger partial charge in [0.15, 0.2) is 0 Å². The number of primary amides is 1. The minimum absolute atomic E-state index is 0.00231. The highest BCUT2D eigenvalue weighted by atomic mass is 16.7. The molecule has 3 N–H and O–H groups in total. The van der Waals surface area contributed by atoms with Crippen molar-refractivity contribution in [3.05, 3.63) is 0 Å². The normalized spacial score (nSPS) is 14.1. The Morgan fingerprint density at radius 3 is 2.21 bits per heavy atom. The zero-order chi connectivity index (χ0) is 11.4. The lowest BCUT2D eigenvalue weighted by Gasteiger charge is -2.27. The van der Waals surface area contributed by atoms with Gasteiger partial charge < -0.3 is 5.73 Å². The van der Waals surface area contributed by atoms with Crippen molar-refractivity contribution in [3.63, 3.8) is 0 Å². The van der Waals surface area contributed by atoms with Crippen molar-refractivity contribution in [1.82, 2.24) is 5.48 Å². The van der Waals surface area contributed by atoms with Crippen LogP contribution in [0.1, 0.15) is 41.0 Å². The molecule has 0 aliphatic carbocycles. The Hall–Kier alpha value is -0.770. The van der Waals surface area contributed by atoms with Crippen molar-refractivity contribution >= 4 is 6.03 Å². The number of hydroxylamine groups is 1. The van der Waals surface area contributed by atoms with Crippen molar-refractivity contribution in [1.29, 1.82) is 0 Å². The minimum atomic E-state index is -0.649. The highest BCUT2D eigenvalue weighted by molar-refractivity contribution is 5.70. The molecule has 0 aromatic rings. The molecule has 0 spiro atoms. The third-order valence-corrected chi connectivity index (χ3v) is 1.87. The molecule has 14 heavy (non-hydrogen) atoms. The molecule has 4 heteroatoms. The van der Waals surface area contributed by atoms with E-state index < -0.39 is 6.03 Å². The van der Waals surface area contributed by atoms with Crippen LogP contribution >= 0.6 is 0 Å². The number of hydrogen-bond acceptors (Lipinski definition) is 2. The van der Waals surface area contributed by atoms with Gasteiger partial charge in [0.05, 0.1) is 6.10 Å². The molecule has 0 rings (SSSR count). The molecule has 0 aromatic heterocycles. The summed E-state index contributed by atoms with van der Waals surface area (Å²) in [7, 11) is 0. The van der Waals surface area contributed by atoms with Crippen LogP contribution in [0.2, 0.25) is 0 Å². The summed E-state index contributed by atoms with van der Waals surface area (Å²) in [5, 5.41) is 0. The average molecular weight is 202 g/mol. The van der Waals surface area contributed by atoms with Gasteiger partial charge in [0, 0.05) is 0 Å². The van der Waals surface area contributed by atoms with Crippen molar-refractivity contribution < 1.29 is 9.63 Å². The molecule has 0 aliphatic rings. The zero-order valence-electron chi connectivity index (χ0n) is 9.76. The fraction of sp³-hybridized carbons (Fsp3) is 0.900. The minimum Gasteiger partial charge on any atom is -0.350 e. The fourth-order valence-corrected chi connectivity index (χ4v) is 1.15. The van der Waals surface area contributed by atoms with E-state index in [2.05, 4.69) is 40.1 Å². The van der Waals surface area contributed by atoms with Gasteiger partial charge in [-0.2, -0.15) is 0 Å². The van der Waals surface area contributed by atoms with Crippen LogP contribution in [0.3, 0.4) is 0 Å². The lowest BCUT2D eigenvalue weighted by Crippen LogP contribution is -2.37. The van der Waals surface area contributed by atoms with Crippen LogP contribution in [0.25, 0.3) is 0 Å². The molecular formula is C10H22N2O2. The first-order valence-electron chi connectivity index (χ1n) is 4.93. The van der Waals surface area contributed by atoms with Crippen LogP contribution in [0, 0.1) is 11.3 Å². The molecule has 2 amide bonds. The highest BCUT2D eigenvalue weighted by Gasteiger charge is 2.22. The number of amides is 2. The van der Waals surface area contributed by atoms with Crippen LogP contribution < -0.4 is 11.2 Å². The average Bonchev–Trinajstić information content (AvgIpc) is 1.94. The predicted octanol–water partition coefficient (Wildman–Crippen LogP) is 2.05. The van der Waals surface area contributed by atoms with Crippen molar-refractivity contribution in [3.8, 4) is 0 Å². The molecule has 0 bridgehead atoms. The van der Waals surface area contributed by atoms with Crippen LogP contribution in [-0.2, 0) is 4.84 Å². The Morgan fingerprint density at radius 2 is 1.93 bits per heavy atom. The zero-order valence-corrected chi connectivity index (χ0v) is 9.76. The number of rotatable bonds is 4. The largest absolute Gasteiger partial charge is 0.350 e. The first-order chi connectivity index (χ1) is 6.22. The number of hydrogen-bond donors (Lipinski definition) is 2. The fourth-order valence-electron chi connectivity index (χ4n) is 1.15. The lowest BCUT2D eigenvalue weighted by molar-refractivity contribution is -0.0462. The molecule has 0 heterocycles. The number of carbonyl (C=O) groups excluding carboxylic acids is 1. The van der Waals surface area contributed by atoms with Gasteiger partial charge in [0.1, 0.15) is 0 Å². The number of carbonyl (C=O) groups is 1. The molecule has 0 aliphatic heterocycles. The van der Waals surface area contributed by atoms with Crippen LogP contribution in [0.5, 0.6) is 0 Å². The standard InChI is InChI=1S/C10H22N2O2/c1-7(2)8(6-10(3,4)5)14-12-9(11)13/h7-8H,6H2,1-5H3,(H3,11,12,13). The quantitative estimate of drug-likeness (QED) is 0.685. The first kappa shape index (κ1) is 13.2. The molecule has 1 unspecified atom stereocenters. The second kappa shape index (κ2) is 5.20. The van der Waals surface area contributed by atoms with Gasteiger partial charge >= 0.3 is 6.03 Å². The molecule has 0 fully saturated rings. The summed E-state index contributed by atoms with van der Waals surface area (Å²) in [5.74, 6) is 0.348. The van der Waals surface area contributed by atoms with Crippen LogP contribution in [-0.4, -0.2) is 12.1 Å². The maximum atomic E-state index is 10.5. The van der Waals surface area contributed by atoms with E-state index in [4.69, 9.17) is 10.6 Å². The molecule has 4 nitrogen and oxygen atoms in total. The third-order valence-electron chi connectivity index (χ3n) is 1.87. The SMILES string of the molecule is CC(C)C(CC(C)(C)C)ONC(N)=O. The summed E-state index contributed by atoms with van der Waals surface area (Å²) in [6, 6.07) is -0.649. The van der Waals surface area contributed by atoms with Gasteiger partial charge in [0.2, 0.25) is 0 Å². The second-order valence-corrected chi connectivity index (χ2v) is 5.13. The first-order valence-corrected chi connectivity index (χ1v) is 4.93. The highest BCUT2D eigenvalue weighted by Crippen LogP contribution is 2.25. The third kappa shape index (κ3) is 6.71. The monoisotopic (exact) mass is 202 g/mol. The van der Waals surface area contributed by atoms with Gasteiger partial charge in [-0.1, -0.05) is 34.6 Å². The molecule has 0 saturated heterocycles. The maximum absolute atomic E-state index is 10.5. The summed E-state index contributed by atoms with van der Waals surface area (Å²) in [6.07, 6.45) is 0.882. The summed E-state index contributed by atoms with van der Waals surface area (Å²) in [5.41, 5.74) is 7.29. The Morgan fingerprint density at radius 1 is 1.43 bits per heavy atom. The Balaban J connectivity index is 4.10. The Labute approximate surface area is 86.1 Å². The van der Waals surface area contributed by atoms with E-state index in [-0.39, 0.29) is 11.5 Å². The Bertz CT molecular complexity index is 185. The Kier molecular flexibility index (Phi) is 4.91. The molecular weight excluding hydrogens is 180 g/mol. The van der Waals surface area contributed by atoms with Gasteiger partial charge in [-0.15, -0.1) is 0 Å². The summed E-state index contributed by atoms with van der Waals surface area (Å²) in [4.78, 5) is 15.7. The van der Waals surface area contributed by atoms with E-state index in [1.165, 1.54) is 0 Å². The van der Waals surface area contributed by atoms with Crippen molar-refractivity contribution in [2.45, 2.75) is 47.1 Å². The number of nitrogens with two attached hydrogens (primary N) is 1. The topological polar surface area (TPSA) is 64.3 Å². The van der Waals surface area contributed by atoms with E-state index >= 15 is 0 Å². The van der Waals surface area contributed by atoms with E-state index in [9.17, 15) is 4.79 Å². The predicted molar refractivity (Wildman–Crippen MR) is 56.5 cm³/mol. The van der Waals surface area contributed by atoms with E-state index in [0.29, 0.717) is 5.92 Å². The summed E-state index contributed by atoms with van der Waals surface area (Å²) >= 11 is 0. The van der Waals surface area contributed by atoms with Gasteiger partial charge in [0.25, 0.3) is 0 Å². The van der Waals surface area contributed by atoms with Gasteiger partial charge in [-0.05, 0) is 17.8 Å². The molecule has 0 radical (unpaired) electrons.